The second kappa shape index (κ2) is 7.17. The summed E-state index contributed by atoms with van der Waals surface area (Å²) in [7, 11) is 0. The molecule has 0 aliphatic heterocycles. The van der Waals surface area contributed by atoms with E-state index in [-0.39, 0.29) is 5.91 Å². The topological polar surface area (TPSA) is 64.3 Å². The maximum atomic E-state index is 11.7. The van der Waals surface area contributed by atoms with Crippen LogP contribution in [0.2, 0.25) is 0 Å². The number of anilines is 1. The summed E-state index contributed by atoms with van der Waals surface area (Å²) >= 11 is 0. The smallest absolute Gasteiger partial charge is 0.223 e. The Morgan fingerprint density at radius 1 is 1.35 bits per heavy atom. The molecule has 0 radical (unpaired) electrons. The fourth-order valence-corrected chi connectivity index (χ4v) is 2.68. The molecule has 2 rings (SSSR count). The Hall–Kier alpha value is -1.71. The SMILES string of the molecule is CC1CCC(CNC(=O)CCOc2ccc(N)cc2)C1. The Balaban J connectivity index is 1.59. The predicted molar refractivity (Wildman–Crippen MR) is 80.5 cm³/mol. The van der Waals surface area contributed by atoms with Crippen LogP contribution in [0.4, 0.5) is 5.69 Å². The van der Waals surface area contributed by atoms with Gasteiger partial charge in [0, 0.05) is 12.2 Å². The Morgan fingerprint density at radius 3 is 2.75 bits per heavy atom. The predicted octanol–water partition coefficient (Wildman–Crippen LogP) is 2.59. The first-order valence-corrected chi connectivity index (χ1v) is 7.38. The van der Waals surface area contributed by atoms with Gasteiger partial charge in [-0.1, -0.05) is 13.3 Å². The molecule has 110 valence electrons. The third-order valence-electron chi connectivity index (χ3n) is 3.87. The van der Waals surface area contributed by atoms with Crippen LogP contribution in [0, 0.1) is 11.8 Å². The van der Waals surface area contributed by atoms with Crippen molar-refractivity contribution in [1.82, 2.24) is 5.32 Å². The van der Waals surface area contributed by atoms with Gasteiger partial charge in [0.25, 0.3) is 0 Å². The molecule has 0 spiro atoms. The van der Waals surface area contributed by atoms with Gasteiger partial charge in [-0.25, -0.2) is 0 Å². The molecule has 3 N–H and O–H groups in total. The second-order valence-electron chi connectivity index (χ2n) is 5.76. The Labute approximate surface area is 120 Å². The normalized spacial score (nSPS) is 21.6. The molecule has 1 fully saturated rings. The molecule has 1 aromatic rings. The maximum absolute atomic E-state index is 11.7. The van der Waals surface area contributed by atoms with Crippen molar-refractivity contribution in [2.24, 2.45) is 11.8 Å². The van der Waals surface area contributed by atoms with Crippen molar-refractivity contribution in [1.29, 1.82) is 0 Å². The van der Waals surface area contributed by atoms with Gasteiger partial charge in [-0.05, 0) is 48.9 Å². The minimum absolute atomic E-state index is 0.0694. The van der Waals surface area contributed by atoms with E-state index < -0.39 is 0 Å². The number of nitrogens with one attached hydrogen (secondary N) is 1. The number of nitrogens with two attached hydrogens (primary N) is 1. The summed E-state index contributed by atoms with van der Waals surface area (Å²) in [5.74, 6) is 2.29. The van der Waals surface area contributed by atoms with Gasteiger partial charge in [-0.15, -0.1) is 0 Å². The summed E-state index contributed by atoms with van der Waals surface area (Å²) in [4.78, 5) is 11.7. The molecular formula is C16H24N2O2. The Bertz CT molecular complexity index is 431. The van der Waals surface area contributed by atoms with Crippen LogP contribution in [0.3, 0.4) is 0 Å². The summed E-state index contributed by atoms with van der Waals surface area (Å²) in [6.07, 6.45) is 4.17. The lowest BCUT2D eigenvalue weighted by molar-refractivity contribution is -0.121. The molecule has 1 saturated carbocycles. The van der Waals surface area contributed by atoms with Crippen molar-refractivity contribution in [2.45, 2.75) is 32.6 Å². The van der Waals surface area contributed by atoms with Gasteiger partial charge < -0.3 is 15.8 Å². The van der Waals surface area contributed by atoms with Crippen molar-refractivity contribution >= 4 is 11.6 Å². The summed E-state index contributed by atoms with van der Waals surface area (Å²) in [5.41, 5.74) is 6.30. The number of rotatable bonds is 6. The lowest BCUT2D eigenvalue weighted by atomic mass is 10.1. The molecule has 4 nitrogen and oxygen atoms in total. The highest BCUT2D eigenvalue weighted by Gasteiger charge is 2.21. The molecule has 1 aliphatic carbocycles. The first-order valence-electron chi connectivity index (χ1n) is 7.38. The largest absolute Gasteiger partial charge is 0.493 e. The summed E-state index contributed by atoms with van der Waals surface area (Å²) in [5, 5.41) is 3.00. The number of nitrogen functional groups attached to an aromatic ring is 1. The van der Waals surface area contributed by atoms with Crippen LogP contribution >= 0.6 is 0 Å². The summed E-state index contributed by atoms with van der Waals surface area (Å²) < 4.78 is 5.50. The van der Waals surface area contributed by atoms with Gasteiger partial charge in [0.2, 0.25) is 5.91 Å². The Morgan fingerprint density at radius 2 is 2.10 bits per heavy atom. The first-order chi connectivity index (χ1) is 9.63. The van der Waals surface area contributed by atoms with Crippen molar-refractivity contribution in [2.75, 3.05) is 18.9 Å². The second-order valence-corrected chi connectivity index (χ2v) is 5.76. The number of carbonyl (C=O) groups excluding carboxylic acids is 1. The number of hydrogen-bond donors (Lipinski definition) is 2. The molecule has 2 atom stereocenters. The van der Waals surface area contributed by atoms with E-state index >= 15 is 0 Å². The number of carbonyl (C=O) groups is 1. The maximum Gasteiger partial charge on any atom is 0.223 e. The monoisotopic (exact) mass is 276 g/mol. The van der Waals surface area contributed by atoms with Crippen LogP contribution < -0.4 is 15.8 Å². The lowest BCUT2D eigenvalue weighted by Gasteiger charge is -2.11. The molecule has 0 saturated heterocycles. The fourth-order valence-electron chi connectivity index (χ4n) is 2.68. The van der Waals surface area contributed by atoms with E-state index in [0.29, 0.717) is 24.6 Å². The van der Waals surface area contributed by atoms with E-state index in [1.54, 1.807) is 12.1 Å². The van der Waals surface area contributed by atoms with Gasteiger partial charge in [0.15, 0.2) is 0 Å². The van der Waals surface area contributed by atoms with E-state index in [1.165, 1.54) is 19.3 Å². The zero-order chi connectivity index (χ0) is 14.4. The zero-order valence-electron chi connectivity index (χ0n) is 12.1. The molecule has 2 unspecified atom stereocenters. The highest BCUT2D eigenvalue weighted by molar-refractivity contribution is 5.75. The van der Waals surface area contributed by atoms with E-state index in [0.717, 1.165) is 18.2 Å². The molecule has 0 heterocycles. The van der Waals surface area contributed by atoms with Crippen LogP contribution in [-0.4, -0.2) is 19.1 Å². The third-order valence-corrected chi connectivity index (χ3v) is 3.87. The van der Waals surface area contributed by atoms with E-state index in [9.17, 15) is 4.79 Å². The minimum atomic E-state index is 0.0694. The number of ether oxygens (including phenoxy) is 1. The average molecular weight is 276 g/mol. The van der Waals surface area contributed by atoms with Crippen LogP contribution in [0.5, 0.6) is 5.75 Å². The average Bonchev–Trinajstić information content (AvgIpc) is 2.85. The van der Waals surface area contributed by atoms with Crippen molar-refractivity contribution in [3.8, 4) is 5.75 Å². The van der Waals surface area contributed by atoms with Gasteiger partial charge in [0.1, 0.15) is 5.75 Å². The summed E-state index contributed by atoms with van der Waals surface area (Å²) in [6.45, 7) is 3.49. The third kappa shape index (κ3) is 4.76. The van der Waals surface area contributed by atoms with Crippen molar-refractivity contribution < 1.29 is 9.53 Å². The molecular weight excluding hydrogens is 252 g/mol. The van der Waals surface area contributed by atoms with Crippen molar-refractivity contribution in [3.05, 3.63) is 24.3 Å². The zero-order valence-corrected chi connectivity index (χ0v) is 12.1. The standard InChI is InChI=1S/C16H24N2O2/c1-12-2-3-13(10-12)11-18-16(19)8-9-20-15-6-4-14(17)5-7-15/h4-7,12-13H,2-3,8-11,17H2,1H3,(H,18,19). The lowest BCUT2D eigenvalue weighted by Crippen LogP contribution is -2.29. The molecule has 20 heavy (non-hydrogen) atoms. The summed E-state index contributed by atoms with van der Waals surface area (Å²) in [6, 6.07) is 7.20. The van der Waals surface area contributed by atoms with Crippen LogP contribution in [0.15, 0.2) is 24.3 Å². The van der Waals surface area contributed by atoms with E-state index in [1.807, 2.05) is 12.1 Å². The molecule has 1 amide bonds. The van der Waals surface area contributed by atoms with Crippen LogP contribution in [-0.2, 0) is 4.79 Å². The van der Waals surface area contributed by atoms with E-state index in [2.05, 4.69) is 12.2 Å². The van der Waals surface area contributed by atoms with E-state index in [4.69, 9.17) is 10.5 Å². The van der Waals surface area contributed by atoms with Crippen LogP contribution in [0.1, 0.15) is 32.6 Å². The molecule has 0 bridgehead atoms. The molecule has 4 heteroatoms. The quantitative estimate of drug-likeness (QED) is 0.785. The first kappa shape index (κ1) is 14.7. The minimum Gasteiger partial charge on any atom is -0.493 e. The number of benzene rings is 1. The molecule has 1 aromatic carbocycles. The molecule has 0 aromatic heterocycles. The van der Waals surface area contributed by atoms with Crippen molar-refractivity contribution in [3.63, 3.8) is 0 Å². The highest BCUT2D eigenvalue weighted by Crippen LogP contribution is 2.29. The number of hydrogen-bond acceptors (Lipinski definition) is 3. The molecule has 1 aliphatic rings. The fraction of sp³-hybridized carbons (Fsp3) is 0.562. The van der Waals surface area contributed by atoms with Gasteiger partial charge in [-0.2, -0.15) is 0 Å². The van der Waals surface area contributed by atoms with Gasteiger partial charge >= 0.3 is 0 Å². The van der Waals surface area contributed by atoms with Gasteiger partial charge in [-0.3, -0.25) is 4.79 Å². The Kier molecular flexibility index (Phi) is 5.27. The van der Waals surface area contributed by atoms with Gasteiger partial charge in [0.05, 0.1) is 13.0 Å². The number of amides is 1. The van der Waals surface area contributed by atoms with Crippen LogP contribution in [0.25, 0.3) is 0 Å². The highest BCUT2D eigenvalue weighted by atomic mass is 16.5.